The van der Waals surface area contributed by atoms with Crippen molar-refractivity contribution in [2.75, 3.05) is 0 Å². The summed E-state index contributed by atoms with van der Waals surface area (Å²) in [5, 5.41) is 0. The molecular weight excluding hydrogens is 320 g/mol. The van der Waals surface area contributed by atoms with Gasteiger partial charge in [-0.15, -0.1) is 0 Å². The molecule has 0 bridgehead atoms. The molecular formula is C23H32N2O. The summed E-state index contributed by atoms with van der Waals surface area (Å²) in [7, 11) is 0. The van der Waals surface area contributed by atoms with Gasteiger partial charge in [0.1, 0.15) is 5.76 Å². The molecule has 0 saturated carbocycles. The van der Waals surface area contributed by atoms with Crippen LogP contribution in [0, 0.1) is 0 Å². The van der Waals surface area contributed by atoms with Gasteiger partial charge in [-0.05, 0) is 56.2 Å². The van der Waals surface area contributed by atoms with Crippen molar-refractivity contribution in [3.8, 4) is 0 Å². The molecule has 0 aliphatic heterocycles. The topological polar surface area (TPSA) is 33.9 Å². The van der Waals surface area contributed by atoms with Crippen LogP contribution in [0.4, 0.5) is 0 Å². The van der Waals surface area contributed by atoms with Crippen LogP contribution in [0.5, 0.6) is 0 Å². The first-order valence-corrected chi connectivity index (χ1v) is 9.54. The van der Waals surface area contributed by atoms with Gasteiger partial charge in [0.05, 0.1) is 6.26 Å². The average Bonchev–Trinajstić information content (AvgIpc) is 3.27. The van der Waals surface area contributed by atoms with Crippen molar-refractivity contribution in [2.45, 2.75) is 71.3 Å². The van der Waals surface area contributed by atoms with Crippen molar-refractivity contribution in [2.24, 2.45) is 0 Å². The van der Waals surface area contributed by atoms with Crippen molar-refractivity contribution in [1.82, 2.24) is 9.55 Å². The van der Waals surface area contributed by atoms with E-state index in [0.717, 1.165) is 18.6 Å². The van der Waals surface area contributed by atoms with E-state index in [-0.39, 0.29) is 11.0 Å². The Morgan fingerprint density at radius 2 is 1.77 bits per heavy atom. The Balaban J connectivity index is 1.66. The largest absolute Gasteiger partial charge is 0.469 e. The fourth-order valence-corrected chi connectivity index (χ4v) is 3.48. The van der Waals surface area contributed by atoms with Crippen molar-refractivity contribution in [3.05, 3.63) is 71.7 Å². The molecule has 0 radical (unpaired) electrons. The highest BCUT2D eigenvalue weighted by atomic mass is 16.3. The van der Waals surface area contributed by atoms with Crippen LogP contribution in [0.1, 0.15) is 70.2 Å². The maximum Gasteiger partial charge on any atom is 0.109 e. The highest BCUT2D eigenvalue weighted by Gasteiger charge is 2.22. The molecule has 1 unspecified atom stereocenters. The van der Waals surface area contributed by atoms with E-state index in [2.05, 4.69) is 93.8 Å². The van der Waals surface area contributed by atoms with Crippen LogP contribution in [0.15, 0.2) is 53.4 Å². The van der Waals surface area contributed by atoms with E-state index in [1.807, 2.05) is 6.26 Å². The molecule has 0 amide bonds. The number of furan rings is 1. The molecule has 0 saturated heterocycles. The lowest BCUT2D eigenvalue weighted by atomic mass is 9.92. The molecule has 1 N–H and O–H groups in total. The van der Waals surface area contributed by atoms with E-state index in [1.165, 1.54) is 17.0 Å². The van der Waals surface area contributed by atoms with Crippen molar-refractivity contribution in [3.63, 3.8) is 0 Å². The molecule has 3 heterocycles. The Kier molecular flexibility index (Phi) is 4.92. The average molecular weight is 353 g/mol. The summed E-state index contributed by atoms with van der Waals surface area (Å²) in [6.07, 6.45) is 8.15. The first kappa shape index (κ1) is 18.6. The van der Waals surface area contributed by atoms with E-state index in [0.29, 0.717) is 5.92 Å². The summed E-state index contributed by atoms with van der Waals surface area (Å²) in [5.74, 6) is 1.49. The Morgan fingerprint density at radius 3 is 2.38 bits per heavy atom. The molecule has 140 valence electrons. The van der Waals surface area contributed by atoms with Gasteiger partial charge in [0.2, 0.25) is 0 Å². The van der Waals surface area contributed by atoms with Crippen LogP contribution in [0.3, 0.4) is 0 Å². The van der Waals surface area contributed by atoms with Gasteiger partial charge in [-0.3, -0.25) is 0 Å². The van der Waals surface area contributed by atoms with Crippen LogP contribution in [0.25, 0.3) is 0 Å². The first-order valence-electron chi connectivity index (χ1n) is 9.54. The molecule has 0 fully saturated rings. The third kappa shape index (κ3) is 4.14. The zero-order valence-corrected chi connectivity index (χ0v) is 17.0. The number of H-pyrrole nitrogens is 1. The highest BCUT2D eigenvalue weighted by Crippen LogP contribution is 2.28. The van der Waals surface area contributed by atoms with Gasteiger partial charge in [0, 0.05) is 47.1 Å². The predicted molar refractivity (Wildman–Crippen MR) is 108 cm³/mol. The number of rotatable bonds is 6. The van der Waals surface area contributed by atoms with E-state index in [1.54, 1.807) is 0 Å². The summed E-state index contributed by atoms with van der Waals surface area (Å²) < 4.78 is 8.04. The number of aromatic amines is 1. The normalized spacial score (nSPS) is 13.9. The molecule has 1 atom stereocenters. The molecule has 0 aliphatic rings. The van der Waals surface area contributed by atoms with Crippen LogP contribution < -0.4 is 0 Å². The zero-order chi connectivity index (χ0) is 18.9. The zero-order valence-electron chi connectivity index (χ0n) is 17.0. The van der Waals surface area contributed by atoms with Crippen molar-refractivity contribution in [1.29, 1.82) is 0 Å². The van der Waals surface area contributed by atoms with E-state index < -0.39 is 0 Å². The fourth-order valence-electron chi connectivity index (χ4n) is 3.48. The number of hydrogen-bond acceptors (Lipinski definition) is 1. The molecule has 26 heavy (non-hydrogen) atoms. The number of nitrogens with one attached hydrogen (secondary N) is 1. The lowest BCUT2D eigenvalue weighted by Gasteiger charge is -2.26. The first-order chi connectivity index (χ1) is 12.1. The summed E-state index contributed by atoms with van der Waals surface area (Å²) in [4.78, 5) is 3.64. The van der Waals surface area contributed by atoms with Gasteiger partial charge in [0.25, 0.3) is 0 Å². The van der Waals surface area contributed by atoms with Gasteiger partial charge in [-0.25, -0.2) is 0 Å². The number of hydrogen-bond donors (Lipinski definition) is 1. The Labute approximate surface area is 157 Å². The monoisotopic (exact) mass is 352 g/mol. The van der Waals surface area contributed by atoms with Crippen LogP contribution >= 0.6 is 0 Å². The SMILES string of the molecule is CC(Cc1coc(C(C)(C)C)c1)c1ccc(CC(C)(C)n2cccc2)[nH]1. The lowest BCUT2D eigenvalue weighted by Crippen LogP contribution is -2.27. The van der Waals surface area contributed by atoms with Crippen LogP contribution in [-0.4, -0.2) is 9.55 Å². The summed E-state index contributed by atoms with van der Waals surface area (Å²) >= 11 is 0. The minimum absolute atomic E-state index is 0.0566. The fraction of sp³-hybridized carbons (Fsp3) is 0.478. The molecule has 3 nitrogen and oxygen atoms in total. The molecule has 0 spiro atoms. The third-order valence-corrected chi connectivity index (χ3v) is 5.16. The maximum atomic E-state index is 5.77. The summed E-state index contributed by atoms with van der Waals surface area (Å²) in [6, 6.07) is 10.8. The summed E-state index contributed by atoms with van der Waals surface area (Å²) in [6.45, 7) is 13.4. The predicted octanol–water partition coefficient (Wildman–Crippen LogP) is 6.03. The quantitative estimate of drug-likeness (QED) is 0.577. The minimum Gasteiger partial charge on any atom is -0.469 e. The van der Waals surface area contributed by atoms with E-state index in [9.17, 15) is 0 Å². The standard InChI is InChI=1S/C23H32N2O/c1-17(13-18-14-21(26-16-18)22(2,3)4)20-10-9-19(24-20)15-23(5,6)25-11-7-8-12-25/h7-12,14,16-17,24H,13,15H2,1-6H3. The Morgan fingerprint density at radius 1 is 1.08 bits per heavy atom. The van der Waals surface area contributed by atoms with E-state index >= 15 is 0 Å². The van der Waals surface area contributed by atoms with Gasteiger partial charge >= 0.3 is 0 Å². The van der Waals surface area contributed by atoms with Crippen LogP contribution in [-0.2, 0) is 23.8 Å². The van der Waals surface area contributed by atoms with Gasteiger partial charge in [0.15, 0.2) is 0 Å². The molecule has 3 aromatic heterocycles. The van der Waals surface area contributed by atoms with Crippen molar-refractivity contribution >= 4 is 0 Å². The smallest absolute Gasteiger partial charge is 0.109 e. The maximum absolute atomic E-state index is 5.77. The molecule has 3 heteroatoms. The molecule has 3 aromatic rings. The second-order valence-electron chi connectivity index (χ2n) is 9.19. The lowest BCUT2D eigenvalue weighted by molar-refractivity contribution is 0.350. The Hall–Kier alpha value is -2.16. The molecule has 3 rings (SSSR count). The van der Waals surface area contributed by atoms with Gasteiger partial charge in [-0.2, -0.15) is 0 Å². The van der Waals surface area contributed by atoms with Gasteiger partial charge in [-0.1, -0.05) is 27.7 Å². The third-order valence-electron chi connectivity index (χ3n) is 5.16. The summed E-state index contributed by atoms with van der Waals surface area (Å²) in [5.41, 5.74) is 3.97. The second-order valence-corrected chi connectivity index (χ2v) is 9.19. The second kappa shape index (κ2) is 6.86. The molecule has 0 aromatic carbocycles. The molecule has 0 aliphatic carbocycles. The highest BCUT2D eigenvalue weighted by molar-refractivity contribution is 5.23. The van der Waals surface area contributed by atoms with Crippen LogP contribution in [0.2, 0.25) is 0 Å². The van der Waals surface area contributed by atoms with E-state index in [4.69, 9.17) is 4.42 Å². The van der Waals surface area contributed by atoms with Crippen molar-refractivity contribution < 1.29 is 4.42 Å². The van der Waals surface area contributed by atoms with Gasteiger partial charge < -0.3 is 14.0 Å². The minimum atomic E-state index is 0.0566. The number of aromatic nitrogens is 2. The Bertz CT molecular complexity index is 828. The number of nitrogens with zero attached hydrogens (tertiary/aromatic N) is 1.